The van der Waals surface area contributed by atoms with E-state index in [4.69, 9.17) is 29.5 Å². The minimum absolute atomic E-state index is 0.0961. The fraction of sp³-hybridized carbons (Fsp3) is 0.882. The molecule has 0 heterocycles. The first kappa shape index (κ1) is 21.8. The minimum atomic E-state index is -0.426. The molecule has 0 aliphatic heterocycles. The summed E-state index contributed by atoms with van der Waals surface area (Å²) < 4.78 is 22.8. The molecule has 0 radical (unpaired) electrons. The molecule has 0 aliphatic carbocycles. The maximum Gasteiger partial charge on any atom is 0.0645 e. The lowest BCUT2D eigenvalue weighted by molar-refractivity contribution is -0.114. The molecule has 0 unspecified atom stereocenters. The van der Waals surface area contributed by atoms with Crippen molar-refractivity contribution in [3.8, 4) is 12.1 Å². The average molecular weight is 326 g/mol. The zero-order valence-electron chi connectivity index (χ0n) is 14.7. The van der Waals surface area contributed by atoms with Crippen molar-refractivity contribution in [2.24, 2.45) is 5.41 Å². The van der Waals surface area contributed by atoms with Crippen molar-refractivity contribution in [1.82, 2.24) is 0 Å². The highest BCUT2D eigenvalue weighted by atomic mass is 16.5. The molecule has 23 heavy (non-hydrogen) atoms. The van der Waals surface area contributed by atoms with Crippen molar-refractivity contribution >= 4 is 0 Å². The Bertz CT molecular complexity index is 339. The van der Waals surface area contributed by atoms with Crippen molar-refractivity contribution in [1.29, 1.82) is 10.5 Å². The third kappa shape index (κ3) is 12.0. The Balaban J connectivity index is 4.70. The first-order chi connectivity index (χ1) is 11.1. The molecular formula is C17H30N2O4. The van der Waals surface area contributed by atoms with E-state index >= 15 is 0 Å². The van der Waals surface area contributed by atoms with Gasteiger partial charge < -0.3 is 18.9 Å². The van der Waals surface area contributed by atoms with Crippen LogP contribution in [0.5, 0.6) is 0 Å². The van der Waals surface area contributed by atoms with Gasteiger partial charge in [0.05, 0.1) is 76.1 Å². The molecule has 0 atom stereocenters. The van der Waals surface area contributed by atoms with Crippen LogP contribution >= 0.6 is 0 Å². The van der Waals surface area contributed by atoms with E-state index in [1.165, 1.54) is 0 Å². The molecule has 0 aromatic carbocycles. The second-order valence-corrected chi connectivity index (χ2v) is 5.83. The van der Waals surface area contributed by atoms with Crippen LogP contribution in [0.4, 0.5) is 0 Å². The first-order valence-electron chi connectivity index (χ1n) is 8.19. The van der Waals surface area contributed by atoms with Gasteiger partial charge in [-0.25, -0.2) is 0 Å². The summed E-state index contributed by atoms with van der Waals surface area (Å²) in [5.41, 5.74) is -0.426. The maximum atomic E-state index is 8.61. The molecule has 0 aromatic heterocycles. The van der Waals surface area contributed by atoms with Crippen LogP contribution in [0.15, 0.2) is 0 Å². The lowest BCUT2D eigenvalue weighted by Crippen LogP contribution is -2.42. The van der Waals surface area contributed by atoms with Gasteiger partial charge in [0.15, 0.2) is 0 Å². The zero-order valence-corrected chi connectivity index (χ0v) is 14.7. The molecule has 132 valence electrons. The monoisotopic (exact) mass is 326 g/mol. The van der Waals surface area contributed by atoms with Crippen LogP contribution in [-0.4, -0.2) is 52.4 Å². The molecular weight excluding hydrogens is 296 g/mol. The van der Waals surface area contributed by atoms with Crippen molar-refractivity contribution < 1.29 is 18.9 Å². The second-order valence-electron chi connectivity index (χ2n) is 5.83. The largest absolute Gasteiger partial charge is 0.381 e. The Hall–Kier alpha value is -1.18. The summed E-state index contributed by atoms with van der Waals surface area (Å²) >= 11 is 0. The van der Waals surface area contributed by atoms with Crippen molar-refractivity contribution in [3.63, 3.8) is 0 Å². The normalized spacial score (nSPS) is 11.4. The number of hydrogen-bond donors (Lipinski definition) is 0. The highest BCUT2D eigenvalue weighted by Gasteiger charge is 2.32. The Labute approximate surface area is 140 Å². The van der Waals surface area contributed by atoms with Gasteiger partial charge in [-0.1, -0.05) is 6.92 Å². The summed E-state index contributed by atoms with van der Waals surface area (Å²) in [5, 5.41) is 17.2. The van der Waals surface area contributed by atoms with E-state index in [0.29, 0.717) is 59.1 Å². The van der Waals surface area contributed by atoms with Gasteiger partial charge in [0.25, 0.3) is 0 Å². The first-order valence-corrected chi connectivity index (χ1v) is 8.19. The van der Waals surface area contributed by atoms with Gasteiger partial charge in [0, 0.05) is 6.61 Å². The highest BCUT2D eigenvalue weighted by Crippen LogP contribution is 2.22. The summed E-state index contributed by atoms with van der Waals surface area (Å²) in [6.45, 7) is 9.15. The summed E-state index contributed by atoms with van der Waals surface area (Å²) in [7, 11) is 0. The summed E-state index contributed by atoms with van der Waals surface area (Å²) in [6.07, 6.45) is 1.74. The zero-order chi connectivity index (χ0) is 17.4. The Kier molecular flexibility index (Phi) is 13.7. The van der Waals surface area contributed by atoms with Gasteiger partial charge in [-0.2, -0.15) is 10.5 Å². The molecule has 0 amide bonds. The van der Waals surface area contributed by atoms with Crippen molar-refractivity contribution in [3.05, 3.63) is 0 Å². The predicted molar refractivity (Wildman–Crippen MR) is 86.7 cm³/mol. The van der Waals surface area contributed by atoms with Crippen LogP contribution in [-0.2, 0) is 18.9 Å². The average Bonchev–Trinajstić information content (AvgIpc) is 2.54. The predicted octanol–water partition coefficient (Wildman–Crippen LogP) is 2.68. The lowest BCUT2D eigenvalue weighted by Gasteiger charge is -2.33. The SMILES string of the molecule is CCCOCC(COCCC#N)(COCCC#N)COC(C)C. The number of hydrogen-bond acceptors (Lipinski definition) is 6. The van der Waals surface area contributed by atoms with Crippen LogP contribution in [0.2, 0.25) is 0 Å². The van der Waals surface area contributed by atoms with Crippen LogP contribution in [0.1, 0.15) is 40.0 Å². The van der Waals surface area contributed by atoms with Crippen LogP contribution in [0, 0.1) is 28.1 Å². The van der Waals surface area contributed by atoms with Crippen LogP contribution < -0.4 is 0 Å². The Morgan fingerprint density at radius 2 is 1.30 bits per heavy atom. The number of nitriles is 2. The summed E-state index contributed by atoms with van der Waals surface area (Å²) in [5.74, 6) is 0. The molecule has 0 saturated carbocycles. The molecule has 0 fully saturated rings. The minimum Gasteiger partial charge on any atom is -0.381 e. The van der Waals surface area contributed by atoms with E-state index in [1.54, 1.807) is 0 Å². The molecule has 0 rings (SSSR count). The van der Waals surface area contributed by atoms with Gasteiger partial charge in [-0.05, 0) is 20.3 Å². The van der Waals surface area contributed by atoms with E-state index < -0.39 is 5.41 Å². The van der Waals surface area contributed by atoms with E-state index in [0.717, 1.165) is 6.42 Å². The highest BCUT2D eigenvalue weighted by molar-refractivity contribution is 4.81. The van der Waals surface area contributed by atoms with Crippen LogP contribution in [0.3, 0.4) is 0 Å². The number of rotatable bonds is 15. The molecule has 6 heteroatoms. The number of nitrogens with zero attached hydrogens (tertiary/aromatic N) is 2. The second kappa shape index (κ2) is 14.4. The van der Waals surface area contributed by atoms with Crippen molar-refractivity contribution in [2.45, 2.75) is 46.1 Å². The fourth-order valence-corrected chi connectivity index (χ4v) is 1.84. The summed E-state index contributed by atoms with van der Waals surface area (Å²) in [4.78, 5) is 0. The third-order valence-corrected chi connectivity index (χ3v) is 3.01. The van der Waals surface area contributed by atoms with Crippen molar-refractivity contribution in [2.75, 3.05) is 46.2 Å². The summed E-state index contributed by atoms with van der Waals surface area (Å²) in [6, 6.07) is 4.12. The van der Waals surface area contributed by atoms with E-state index in [-0.39, 0.29) is 6.10 Å². The van der Waals surface area contributed by atoms with E-state index in [1.807, 2.05) is 13.8 Å². The number of ether oxygens (including phenoxy) is 4. The van der Waals surface area contributed by atoms with Gasteiger partial charge in [0.2, 0.25) is 0 Å². The molecule has 6 nitrogen and oxygen atoms in total. The third-order valence-electron chi connectivity index (χ3n) is 3.01. The van der Waals surface area contributed by atoms with Gasteiger partial charge >= 0.3 is 0 Å². The van der Waals surface area contributed by atoms with Gasteiger partial charge in [-0.15, -0.1) is 0 Å². The van der Waals surface area contributed by atoms with Crippen LogP contribution in [0.25, 0.3) is 0 Å². The Morgan fingerprint density at radius 1 is 0.826 bits per heavy atom. The maximum absolute atomic E-state index is 8.61. The molecule has 0 N–H and O–H groups in total. The fourth-order valence-electron chi connectivity index (χ4n) is 1.84. The molecule has 0 bridgehead atoms. The smallest absolute Gasteiger partial charge is 0.0645 e. The standard InChI is InChI=1S/C17H30N2O4/c1-4-9-20-12-17(15-23-16(2)3,13-21-10-5-7-18)14-22-11-6-8-19/h16H,4-6,9-15H2,1-3H3. The molecule has 0 spiro atoms. The van der Waals surface area contributed by atoms with Gasteiger partial charge in [0.1, 0.15) is 0 Å². The van der Waals surface area contributed by atoms with E-state index in [9.17, 15) is 0 Å². The van der Waals surface area contributed by atoms with Gasteiger partial charge in [-0.3, -0.25) is 0 Å². The molecule has 0 saturated heterocycles. The van der Waals surface area contributed by atoms with E-state index in [2.05, 4.69) is 19.1 Å². The molecule has 0 aromatic rings. The quantitative estimate of drug-likeness (QED) is 0.430. The Morgan fingerprint density at radius 3 is 1.70 bits per heavy atom. The lowest BCUT2D eigenvalue weighted by atomic mass is 9.92. The molecule has 0 aliphatic rings. The topological polar surface area (TPSA) is 84.5 Å².